The van der Waals surface area contributed by atoms with Crippen molar-refractivity contribution >= 4 is 61.3 Å². The maximum absolute atomic E-state index is 12.5. The van der Waals surface area contributed by atoms with Gasteiger partial charge in [-0.15, -0.1) is 10.2 Å². The number of rotatable bonds is 5. The maximum Gasteiger partial charge on any atom is 0.291 e. The van der Waals surface area contributed by atoms with Gasteiger partial charge in [-0.1, -0.05) is 52.7 Å². The zero-order valence-electron chi connectivity index (χ0n) is 13.7. The summed E-state index contributed by atoms with van der Waals surface area (Å²) in [6, 6.07) is 11.3. The predicted octanol–water partition coefficient (Wildman–Crippen LogP) is 4.21. The van der Waals surface area contributed by atoms with Crippen molar-refractivity contribution < 1.29 is 13.2 Å². The fraction of sp³-hybridized carbons (Fsp3) is 0.0625. The number of amides is 1. The van der Waals surface area contributed by atoms with Gasteiger partial charge in [0.2, 0.25) is 5.13 Å². The van der Waals surface area contributed by atoms with Gasteiger partial charge < -0.3 is 0 Å². The summed E-state index contributed by atoms with van der Waals surface area (Å²) in [5.74, 6) is -0.514. The van der Waals surface area contributed by atoms with E-state index in [1.165, 1.54) is 0 Å². The zero-order chi connectivity index (χ0) is 19.6. The van der Waals surface area contributed by atoms with E-state index in [2.05, 4.69) is 20.2 Å². The summed E-state index contributed by atoms with van der Waals surface area (Å²) in [5.41, 5.74) is 1.16. The predicted molar refractivity (Wildman–Crippen MR) is 106 cm³/mol. The van der Waals surface area contributed by atoms with Gasteiger partial charge in [-0.3, -0.25) is 14.8 Å². The molecular formula is C16H12Cl2N4O3S2. The molecule has 0 radical (unpaired) electrons. The van der Waals surface area contributed by atoms with Crippen molar-refractivity contribution in [2.45, 2.75) is 11.3 Å². The van der Waals surface area contributed by atoms with E-state index in [1.54, 1.807) is 49.4 Å². The Morgan fingerprint density at radius 1 is 1.04 bits per heavy atom. The van der Waals surface area contributed by atoms with Crippen molar-refractivity contribution in [3.8, 4) is 0 Å². The van der Waals surface area contributed by atoms with Crippen LogP contribution in [0.15, 0.2) is 46.8 Å². The molecule has 27 heavy (non-hydrogen) atoms. The fourth-order valence-electron chi connectivity index (χ4n) is 2.09. The van der Waals surface area contributed by atoms with Crippen molar-refractivity contribution in [1.29, 1.82) is 0 Å². The highest BCUT2D eigenvalue weighted by molar-refractivity contribution is 7.94. The molecule has 140 valence electrons. The van der Waals surface area contributed by atoms with Gasteiger partial charge in [0.05, 0.1) is 16.3 Å². The Kier molecular flexibility index (Phi) is 5.66. The van der Waals surface area contributed by atoms with Gasteiger partial charge >= 0.3 is 0 Å². The van der Waals surface area contributed by atoms with Crippen LogP contribution in [0, 0.1) is 6.92 Å². The molecule has 11 heteroatoms. The van der Waals surface area contributed by atoms with Crippen molar-refractivity contribution in [3.63, 3.8) is 0 Å². The lowest BCUT2D eigenvalue weighted by molar-refractivity contribution is 0.102. The Hall–Kier alpha value is -2.20. The van der Waals surface area contributed by atoms with Gasteiger partial charge in [0.25, 0.3) is 20.3 Å². The van der Waals surface area contributed by atoms with Gasteiger partial charge in [-0.05, 0) is 36.8 Å². The Morgan fingerprint density at radius 3 is 2.48 bits per heavy atom. The van der Waals surface area contributed by atoms with Crippen molar-refractivity contribution in [2.24, 2.45) is 0 Å². The highest BCUT2D eigenvalue weighted by Crippen LogP contribution is 2.27. The highest BCUT2D eigenvalue weighted by Gasteiger charge is 2.22. The Balaban J connectivity index is 1.79. The molecule has 1 heterocycles. The summed E-state index contributed by atoms with van der Waals surface area (Å²) in [6.07, 6.45) is 0. The molecule has 3 rings (SSSR count). The van der Waals surface area contributed by atoms with E-state index >= 15 is 0 Å². The minimum Gasteiger partial charge on any atom is -0.296 e. The van der Waals surface area contributed by atoms with Gasteiger partial charge in [-0.2, -0.15) is 8.42 Å². The van der Waals surface area contributed by atoms with Crippen LogP contribution in [0.2, 0.25) is 10.0 Å². The number of aromatic nitrogens is 2. The van der Waals surface area contributed by atoms with Crippen molar-refractivity contribution in [2.75, 3.05) is 10.0 Å². The molecule has 2 N–H and O–H groups in total. The number of nitrogens with zero attached hydrogens (tertiary/aromatic N) is 2. The number of sulfonamides is 1. The SMILES string of the molecule is Cc1c(Cl)cccc1NS(=O)(=O)c1nnc(NC(=O)c2ccccc2Cl)s1. The lowest BCUT2D eigenvalue weighted by Gasteiger charge is -2.09. The fourth-order valence-corrected chi connectivity index (χ4v) is 4.50. The molecule has 0 aliphatic carbocycles. The van der Waals surface area contributed by atoms with Crippen LogP contribution in [-0.4, -0.2) is 24.5 Å². The van der Waals surface area contributed by atoms with Gasteiger partial charge in [0, 0.05) is 5.02 Å². The smallest absolute Gasteiger partial charge is 0.291 e. The molecule has 7 nitrogen and oxygen atoms in total. The summed E-state index contributed by atoms with van der Waals surface area (Å²) in [6.45, 7) is 1.69. The third-order valence-corrected chi connectivity index (χ3v) is 6.80. The molecule has 0 fully saturated rings. The summed E-state index contributed by atoms with van der Waals surface area (Å²) in [4.78, 5) is 12.2. The molecule has 0 bridgehead atoms. The summed E-state index contributed by atoms with van der Waals surface area (Å²) >= 11 is 12.7. The normalized spacial score (nSPS) is 11.2. The largest absolute Gasteiger partial charge is 0.296 e. The minimum atomic E-state index is -3.98. The molecule has 0 spiro atoms. The third kappa shape index (κ3) is 4.38. The Labute approximate surface area is 169 Å². The average molecular weight is 443 g/mol. The second-order valence-corrected chi connectivity index (χ2v) is 8.97. The lowest BCUT2D eigenvalue weighted by Crippen LogP contribution is -2.13. The van der Waals surface area contributed by atoms with Crippen LogP contribution in [0.5, 0.6) is 0 Å². The minimum absolute atomic E-state index is 0.0307. The first-order valence-electron chi connectivity index (χ1n) is 7.45. The van der Waals surface area contributed by atoms with Crippen LogP contribution in [0.25, 0.3) is 0 Å². The number of hydrogen-bond acceptors (Lipinski definition) is 6. The molecule has 1 amide bonds. The second kappa shape index (κ2) is 7.81. The first kappa shape index (κ1) is 19.6. The molecule has 0 aliphatic heterocycles. The molecule has 0 atom stereocenters. The number of carbonyl (C=O) groups is 1. The molecule has 3 aromatic rings. The quantitative estimate of drug-likeness (QED) is 0.576. The maximum atomic E-state index is 12.5. The summed E-state index contributed by atoms with van der Waals surface area (Å²) in [5, 5.41) is 10.6. The Bertz CT molecular complexity index is 1120. The van der Waals surface area contributed by atoms with E-state index in [4.69, 9.17) is 23.2 Å². The van der Waals surface area contributed by atoms with E-state index in [1.807, 2.05) is 0 Å². The van der Waals surface area contributed by atoms with Crippen LogP contribution < -0.4 is 10.0 Å². The van der Waals surface area contributed by atoms with E-state index in [9.17, 15) is 13.2 Å². The molecule has 2 aromatic carbocycles. The zero-order valence-corrected chi connectivity index (χ0v) is 16.9. The van der Waals surface area contributed by atoms with Gasteiger partial charge in [-0.25, -0.2) is 0 Å². The van der Waals surface area contributed by atoms with Crippen LogP contribution in [0.4, 0.5) is 10.8 Å². The number of carbonyl (C=O) groups excluding carboxylic acids is 1. The molecular weight excluding hydrogens is 431 g/mol. The molecule has 1 aromatic heterocycles. The van der Waals surface area contributed by atoms with Crippen LogP contribution in [0.1, 0.15) is 15.9 Å². The van der Waals surface area contributed by atoms with E-state index in [-0.39, 0.29) is 20.1 Å². The number of nitrogens with one attached hydrogen (secondary N) is 2. The average Bonchev–Trinajstić information content (AvgIpc) is 3.08. The van der Waals surface area contributed by atoms with Gasteiger partial charge in [0.15, 0.2) is 0 Å². The lowest BCUT2D eigenvalue weighted by atomic mass is 10.2. The van der Waals surface area contributed by atoms with Crippen molar-refractivity contribution in [3.05, 3.63) is 63.6 Å². The van der Waals surface area contributed by atoms with Crippen LogP contribution in [-0.2, 0) is 10.0 Å². The molecule has 0 saturated heterocycles. The summed E-state index contributed by atoms with van der Waals surface area (Å²) < 4.78 is 27.1. The van der Waals surface area contributed by atoms with Gasteiger partial charge in [0.1, 0.15) is 0 Å². The molecule has 0 aliphatic rings. The van der Waals surface area contributed by atoms with E-state index in [0.29, 0.717) is 16.3 Å². The van der Waals surface area contributed by atoms with Crippen molar-refractivity contribution in [1.82, 2.24) is 10.2 Å². The van der Waals surface area contributed by atoms with E-state index < -0.39 is 15.9 Å². The monoisotopic (exact) mass is 442 g/mol. The number of anilines is 2. The van der Waals surface area contributed by atoms with Crippen LogP contribution >= 0.6 is 34.5 Å². The number of halogens is 2. The first-order chi connectivity index (χ1) is 12.8. The number of benzene rings is 2. The Morgan fingerprint density at radius 2 is 1.74 bits per heavy atom. The molecule has 0 unspecified atom stereocenters. The third-order valence-electron chi connectivity index (χ3n) is 3.49. The second-order valence-electron chi connectivity index (χ2n) is 5.32. The highest BCUT2D eigenvalue weighted by atomic mass is 35.5. The van der Waals surface area contributed by atoms with E-state index in [0.717, 1.165) is 11.3 Å². The molecule has 0 saturated carbocycles. The van der Waals surface area contributed by atoms with Crippen LogP contribution in [0.3, 0.4) is 0 Å². The topological polar surface area (TPSA) is 101 Å². The number of hydrogen-bond donors (Lipinski definition) is 2. The summed E-state index contributed by atoms with van der Waals surface area (Å²) in [7, 11) is -3.98. The first-order valence-corrected chi connectivity index (χ1v) is 10.5. The standard InChI is InChI=1S/C16H12Cl2N4O3S2/c1-9-11(17)7-4-8-13(9)22-27(24,25)16-21-20-15(26-16)19-14(23)10-5-2-3-6-12(10)18/h2-8,22H,1H3,(H,19,20,23).